The average Bonchev–Trinajstić information content (AvgIpc) is 2.45. The molecule has 0 saturated carbocycles. The van der Waals surface area contributed by atoms with Crippen molar-refractivity contribution < 1.29 is 9.59 Å². The Hall–Kier alpha value is -1.75. The summed E-state index contributed by atoms with van der Waals surface area (Å²) in [6.45, 7) is 0.437. The first-order chi connectivity index (χ1) is 10.1. The second kappa shape index (κ2) is 10.0. The van der Waals surface area contributed by atoms with Crippen molar-refractivity contribution in [3.05, 3.63) is 29.8 Å². The molecule has 0 aliphatic heterocycles. The quantitative estimate of drug-likeness (QED) is 0.484. The highest BCUT2D eigenvalue weighted by atomic mass is 35.5. The van der Waals surface area contributed by atoms with E-state index in [1.54, 1.807) is 0 Å². The number of halogens is 1. The SMILES string of the molecule is NC(=O)CCCCCc1cccc(NC(=O)NCCCl)c1. The third-order valence-electron chi connectivity index (χ3n) is 2.95. The lowest BCUT2D eigenvalue weighted by molar-refractivity contribution is -0.118. The Balaban J connectivity index is 2.34. The Morgan fingerprint density at radius 2 is 2.00 bits per heavy atom. The molecule has 0 spiro atoms. The lowest BCUT2D eigenvalue weighted by Crippen LogP contribution is -2.30. The number of benzene rings is 1. The van der Waals surface area contributed by atoms with Crippen LogP contribution in [0.4, 0.5) is 10.5 Å². The predicted octanol–water partition coefficient (Wildman–Crippen LogP) is 2.64. The zero-order valence-electron chi connectivity index (χ0n) is 12.0. The summed E-state index contributed by atoms with van der Waals surface area (Å²) in [4.78, 5) is 22.1. The fraction of sp³-hybridized carbons (Fsp3) is 0.467. The van der Waals surface area contributed by atoms with Crippen molar-refractivity contribution in [3.8, 4) is 0 Å². The molecule has 0 radical (unpaired) electrons. The van der Waals surface area contributed by atoms with Gasteiger partial charge < -0.3 is 16.4 Å². The lowest BCUT2D eigenvalue weighted by atomic mass is 10.1. The molecule has 0 heterocycles. The lowest BCUT2D eigenvalue weighted by Gasteiger charge is -2.08. The second-order valence-electron chi connectivity index (χ2n) is 4.80. The molecule has 116 valence electrons. The number of urea groups is 1. The number of carbonyl (C=O) groups is 2. The fourth-order valence-electron chi connectivity index (χ4n) is 1.95. The standard InChI is InChI=1S/C15H22ClN3O2/c16-9-10-18-15(21)19-13-7-4-6-12(11-13)5-2-1-3-8-14(17)20/h4,6-7,11H,1-3,5,8-10H2,(H2,17,20)(H2,18,19,21). The minimum atomic E-state index is -0.255. The number of rotatable bonds is 9. The van der Waals surface area contributed by atoms with Crippen LogP contribution in [0.15, 0.2) is 24.3 Å². The van der Waals surface area contributed by atoms with E-state index in [0.717, 1.165) is 36.9 Å². The van der Waals surface area contributed by atoms with Crippen LogP contribution in [0.2, 0.25) is 0 Å². The number of aryl methyl sites for hydroxylation is 1. The van der Waals surface area contributed by atoms with E-state index in [1.165, 1.54) is 0 Å². The second-order valence-corrected chi connectivity index (χ2v) is 5.18. The molecule has 4 N–H and O–H groups in total. The normalized spacial score (nSPS) is 10.1. The first kappa shape index (κ1) is 17.3. The molecule has 1 aromatic rings. The zero-order chi connectivity index (χ0) is 15.5. The van der Waals surface area contributed by atoms with Crippen molar-refractivity contribution in [2.75, 3.05) is 17.7 Å². The molecule has 0 unspecified atom stereocenters. The van der Waals surface area contributed by atoms with Gasteiger partial charge in [-0.1, -0.05) is 18.6 Å². The molecule has 0 atom stereocenters. The van der Waals surface area contributed by atoms with E-state index >= 15 is 0 Å². The number of nitrogens with two attached hydrogens (primary N) is 1. The zero-order valence-corrected chi connectivity index (χ0v) is 12.8. The first-order valence-corrected chi connectivity index (χ1v) is 7.63. The van der Waals surface area contributed by atoms with E-state index in [0.29, 0.717) is 18.8 Å². The summed E-state index contributed by atoms with van der Waals surface area (Å²) >= 11 is 5.50. The van der Waals surface area contributed by atoms with Crippen molar-refractivity contribution in [3.63, 3.8) is 0 Å². The summed E-state index contributed by atoms with van der Waals surface area (Å²) in [6.07, 6.45) is 4.15. The van der Waals surface area contributed by atoms with Crippen molar-refractivity contribution >= 4 is 29.2 Å². The maximum Gasteiger partial charge on any atom is 0.319 e. The highest BCUT2D eigenvalue weighted by molar-refractivity contribution is 6.18. The Labute approximate surface area is 130 Å². The van der Waals surface area contributed by atoms with Gasteiger partial charge in [0.15, 0.2) is 0 Å². The Morgan fingerprint density at radius 3 is 2.71 bits per heavy atom. The van der Waals surface area contributed by atoms with Crippen LogP contribution in [0.25, 0.3) is 0 Å². The summed E-state index contributed by atoms with van der Waals surface area (Å²) in [5.41, 5.74) is 7.01. The first-order valence-electron chi connectivity index (χ1n) is 7.10. The molecule has 1 aromatic carbocycles. The number of hydrogen-bond donors (Lipinski definition) is 3. The van der Waals surface area contributed by atoms with Gasteiger partial charge in [-0.05, 0) is 37.0 Å². The predicted molar refractivity (Wildman–Crippen MR) is 85.5 cm³/mol. The number of hydrogen-bond acceptors (Lipinski definition) is 2. The average molecular weight is 312 g/mol. The van der Waals surface area contributed by atoms with Crippen LogP contribution >= 0.6 is 11.6 Å². The van der Waals surface area contributed by atoms with Gasteiger partial charge in [0.2, 0.25) is 5.91 Å². The molecule has 0 aromatic heterocycles. The maximum absolute atomic E-state index is 11.5. The number of anilines is 1. The van der Waals surface area contributed by atoms with Crippen LogP contribution in [-0.2, 0) is 11.2 Å². The van der Waals surface area contributed by atoms with E-state index in [2.05, 4.69) is 10.6 Å². The molecule has 0 aliphatic carbocycles. The van der Waals surface area contributed by atoms with Gasteiger partial charge in [0.1, 0.15) is 0 Å². The number of alkyl halides is 1. The summed E-state index contributed by atoms with van der Waals surface area (Å²) in [6, 6.07) is 7.48. The Bertz CT molecular complexity index is 466. The van der Waals surface area contributed by atoms with Gasteiger partial charge in [0.25, 0.3) is 0 Å². The largest absolute Gasteiger partial charge is 0.370 e. The molecule has 0 bridgehead atoms. The molecule has 5 nitrogen and oxygen atoms in total. The van der Waals surface area contributed by atoms with E-state index in [1.807, 2.05) is 24.3 Å². The Kier molecular flexibility index (Phi) is 8.28. The maximum atomic E-state index is 11.5. The van der Waals surface area contributed by atoms with Crippen LogP contribution in [0.1, 0.15) is 31.2 Å². The monoisotopic (exact) mass is 311 g/mol. The molecule has 3 amide bonds. The topological polar surface area (TPSA) is 84.2 Å². The van der Waals surface area contributed by atoms with Crippen LogP contribution in [-0.4, -0.2) is 24.4 Å². The van der Waals surface area contributed by atoms with Crippen molar-refractivity contribution in [1.82, 2.24) is 5.32 Å². The summed E-state index contributed by atoms with van der Waals surface area (Å²) < 4.78 is 0. The smallest absolute Gasteiger partial charge is 0.319 e. The number of carbonyl (C=O) groups excluding carboxylic acids is 2. The highest BCUT2D eigenvalue weighted by Crippen LogP contribution is 2.13. The molecule has 0 aliphatic rings. The number of unbranched alkanes of at least 4 members (excludes halogenated alkanes) is 2. The minimum Gasteiger partial charge on any atom is -0.370 e. The van der Waals surface area contributed by atoms with Crippen LogP contribution in [0.3, 0.4) is 0 Å². The van der Waals surface area contributed by atoms with E-state index in [-0.39, 0.29) is 11.9 Å². The van der Waals surface area contributed by atoms with Gasteiger partial charge >= 0.3 is 6.03 Å². The molecular weight excluding hydrogens is 290 g/mol. The van der Waals surface area contributed by atoms with Crippen LogP contribution < -0.4 is 16.4 Å². The van der Waals surface area contributed by atoms with Crippen molar-refractivity contribution in [2.24, 2.45) is 5.73 Å². The Morgan fingerprint density at radius 1 is 1.19 bits per heavy atom. The number of nitrogens with one attached hydrogen (secondary N) is 2. The van der Waals surface area contributed by atoms with Gasteiger partial charge in [-0.25, -0.2) is 4.79 Å². The molecule has 6 heteroatoms. The van der Waals surface area contributed by atoms with E-state index in [4.69, 9.17) is 17.3 Å². The van der Waals surface area contributed by atoms with Crippen molar-refractivity contribution in [2.45, 2.75) is 32.1 Å². The van der Waals surface area contributed by atoms with Gasteiger partial charge in [0.05, 0.1) is 0 Å². The summed E-state index contributed by atoms with van der Waals surface area (Å²) in [5, 5.41) is 5.41. The van der Waals surface area contributed by atoms with Gasteiger partial charge in [-0.15, -0.1) is 11.6 Å². The van der Waals surface area contributed by atoms with Gasteiger partial charge in [-0.3, -0.25) is 4.79 Å². The van der Waals surface area contributed by atoms with Crippen LogP contribution in [0, 0.1) is 0 Å². The minimum absolute atomic E-state index is 0.246. The molecule has 1 rings (SSSR count). The third-order valence-corrected chi connectivity index (χ3v) is 3.14. The highest BCUT2D eigenvalue weighted by Gasteiger charge is 2.02. The molecular formula is C15H22ClN3O2. The fourth-order valence-corrected chi connectivity index (χ4v) is 2.04. The molecule has 21 heavy (non-hydrogen) atoms. The van der Waals surface area contributed by atoms with E-state index < -0.39 is 0 Å². The third kappa shape index (κ3) is 8.19. The molecule has 0 saturated heterocycles. The summed E-state index contributed by atoms with van der Waals surface area (Å²) in [5.74, 6) is 0.142. The number of amides is 3. The molecule has 0 fully saturated rings. The van der Waals surface area contributed by atoms with Crippen LogP contribution in [0.5, 0.6) is 0 Å². The van der Waals surface area contributed by atoms with Crippen molar-refractivity contribution in [1.29, 1.82) is 0 Å². The van der Waals surface area contributed by atoms with Gasteiger partial charge in [0, 0.05) is 24.5 Å². The van der Waals surface area contributed by atoms with Gasteiger partial charge in [-0.2, -0.15) is 0 Å². The van der Waals surface area contributed by atoms with E-state index in [9.17, 15) is 9.59 Å². The summed E-state index contributed by atoms with van der Waals surface area (Å²) in [7, 11) is 0. The number of primary amides is 1.